The van der Waals surface area contributed by atoms with E-state index in [1.54, 1.807) is 11.3 Å². The summed E-state index contributed by atoms with van der Waals surface area (Å²) in [6.07, 6.45) is 7.53. The van der Waals surface area contributed by atoms with Gasteiger partial charge in [-0.3, -0.25) is 4.79 Å². The molecule has 0 atom stereocenters. The number of guanidine groups is 1. The molecule has 0 saturated heterocycles. The molecule has 0 unspecified atom stereocenters. The molecule has 0 saturated carbocycles. The first-order valence-electron chi connectivity index (χ1n) is 9.45. The van der Waals surface area contributed by atoms with Crippen LogP contribution in [0.4, 0.5) is 5.13 Å². The van der Waals surface area contributed by atoms with Crippen LogP contribution in [0, 0.1) is 0 Å². The van der Waals surface area contributed by atoms with Crippen LogP contribution in [0.5, 0.6) is 0 Å². The van der Waals surface area contributed by atoms with E-state index in [1.165, 1.54) is 50.4 Å². The first-order chi connectivity index (χ1) is 13.1. The van der Waals surface area contributed by atoms with E-state index in [0.29, 0.717) is 17.6 Å². The van der Waals surface area contributed by atoms with Crippen molar-refractivity contribution in [1.82, 2.24) is 15.6 Å². The molecule has 0 spiro atoms. The second-order valence-corrected chi connectivity index (χ2v) is 8.39. The predicted octanol–water partition coefficient (Wildman–Crippen LogP) is 4.40. The number of aliphatic imine (C=N–C) groups is 1. The fourth-order valence-electron chi connectivity index (χ4n) is 2.52. The highest BCUT2D eigenvalue weighted by molar-refractivity contribution is 7.16. The molecule has 2 aromatic rings. The van der Waals surface area contributed by atoms with Crippen molar-refractivity contribution in [3.8, 4) is 10.6 Å². The SMILES string of the molecule is CCCCCCCCN/C(N)=N/c1nc(-c2ccc(CNC(C)=O)s2)cs1. The van der Waals surface area contributed by atoms with E-state index in [-0.39, 0.29) is 5.91 Å². The lowest BCUT2D eigenvalue weighted by Crippen LogP contribution is -2.31. The molecule has 0 aliphatic heterocycles. The van der Waals surface area contributed by atoms with Crippen molar-refractivity contribution in [3.63, 3.8) is 0 Å². The number of nitrogens with zero attached hydrogens (tertiary/aromatic N) is 2. The zero-order valence-electron chi connectivity index (χ0n) is 16.1. The molecule has 148 valence electrons. The van der Waals surface area contributed by atoms with E-state index in [1.807, 2.05) is 17.5 Å². The zero-order chi connectivity index (χ0) is 19.5. The average Bonchev–Trinajstić information content (AvgIpc) is 3.28. The third-order valence-corrected chi connectivity index (χ3v) is 5.81. The maximum absolute atomic E-state index is 11.0. The van der Waals surface area contributed by atoms with Crippen LogP contribution in [0.1, 0.15) is 57.2 Å². The lowest BCUT2D eigenvalue weighted by Gasteiger charge is -2.04. The summed E-state index contributed by atoms with van der Waals surface area (Å²) in [6, 6.07) is 4.03. The van der Waals surface area contributed by atoms with Gasteiger partial charge < -0.3 is 16.4 Å². The minimum absolute atomic E-state index is 0.0285. The summed E-state index contributed by atoms with van der Waals surface area (Å²) in [5.41, 5.74) is 6.85. The van der Waals surface area contributed by atoms with Gasteiger partial charge in [0.1, 0.15) is 0 Å². The van der Waals surface area contributed by atoms with Crippen LogP contribution < -0.4 is 16.4 Å². The number of thiophene rings is 1. The minimum Gasteiger partial charge on any atom is -0.370 e. The summed E-state index contributed by atoms with van der Waals surface area (Å²) in [7, 11) is 0. The van der Waals surface area contributed by atoms with E-state index >= 15 is 0 Å². The molecule has 4 N–H and O–H groups in total. The lowest BCUT2D eigenvalue weighted by atomic mass is 10.1. The van der Waals surface area contributed by atoms with Crippen LogP contribution in [0.3, 0.4) is 0 Å². The van der Waals surface area contributed by atoms with Crippen molar-refractivity contribution in [2.45, 2.75) is 58.9 Å². The molecule has 27 heavy (non-hydrogen) atoms. The maximum atomic E-state index is 11.0. The summed E-state index contributed by atoms with van der Waals surface area (Å²) in [5, 5.41) is 8.59. The molecule has 0 bridgehead atoms. The van der Waals surface area contributed by atoms with Crippen LogP contribution in [0.2, 0.25) is 0 Å². The molecule has 0 aliphatic carbocycles. The number of thiazole rings is 1. The molecule has 1 amide bonds. The predicted molar refractivity (Wildman–Crippen MR) is 116 cm³/mol. The molecule has 0 radical (unpaired) electrons. The highest BCUT2D eigenvalue weighted by atomic mass is 32.1. The fourth-order valence-corrected chi connectivity index (χ4v) is 4.20. The number of nitrogens with one attached hydrogen (secondary N) is 2. The largest absolute Gasteiger partial charge is 0.370 e. The van der Waals surface area contributed by atoms with Gasteiger partial charge in [-0.1, -0.05) is 39.0 Å². The maximum Gasteiger partial charge on any atom is 0.217 e. The van der Waals surface area contributed by atoms with Crippen molar-refractivity contribution < 1.29 is 4.79 Å². The Morgan fingerprint density at radius 3 is 2.74 bits per heavy atom. The highest BCUT2D eigenvalue weighted by Crippen LogP contribution is 2.31. The summed E-state index contributed by atoms with van der Waals surface area (Å²) in [4.78, 5) is 22.1. The molecular formula is C19H29N5OS2. The number of amides is 1. The highest BCUT2D eigenvalue weighted by Gasteiger charge is 2.08. The van der Waals surface area contributed by atoms with E-state index in [9.17, 15) is 4.79 Å². The molecule has 2 heterocycles. The number of carbonyl (C=O) groups excluding carboxylic acids is 1. The van der Waals surface area contributed by atoms with Crippen LogP contribution in [-0.4, -0.2) is 23.4 Å². The summed E-state index contributed by atoms with van der Waals surface area (Å²) in [6.45, 7) is 5.14. The quantitative estimate of drug-likeness (QED) is 0.292. The monoisotopic (exact) mass is 407 g/mol. The second-order valence-electron chi connectivity index (χ2n) is 6.38. The Hall–Kier alpha value is -1.93. The van der Waals surface area contributed by atoms with Gasteiger partial charge in [0, 0.05) is 23.7 Å². The molecule has 8 heteroatoms. The first-order valence-corrected chi connectivity index (χ1v) is 11.1. The molecule has 2 rings (SSSR count). The summed E-state index contributed by atoms with van der Waals surface area (Å²) >= 11 is 3.09. The molecule has 0 fully saturated rings. The van der Waals surface area contributed by atoms with E-state index in [0.717, 1.165) is 28.4 Å². The zero-order valence-corrected chi connectivity index (χ0v) is 17.7. The van der Waals surface area contributed by atoms with Gasteiger partial charge in [0.2, 0.25) is 11.0 Å². The molecule has 0 aromatic carbocycles. The number of unbranched alkanes of at least 4 members (excludes halogenated alkanes) is 5. The van der Waals surface area contributed by atoms with Gasteiger partial charge in [-0.2, -0.15) is 4.99 Å². The Morgan fingerprint density at radius 2 is 1.96 bits per heavy atom. The first kappa shape index (κ1) is 21.4. The molecule has 2 aromatic heterocycles. The van der Waals surface area contributed by atoms with Crippen molar-refractivity contribution in [2.24, 2.45) is 10.7 Å². The Balaban J connectivity index is 1.79. The third kappa shape index (κ3) is 8.09. The lowest BCUT2D eigenvalue weighted by molar-refractivity contribution is -0.119. The fraction of sp³-hybridized carbons (Fsp3) is 0.526. The number of hydrogen-bond acceptors (Lipinski definition) is 5. The topological polar surface area (TPSA) is 92.4 Å². The standard InChI is InChI=1S/C19H29N5OS2/c1-3-4-5-6-7-8-11-21-18(20)24-19-23-16(13-26-19)17-10-9-15(27-17)12-22-14(2)25/h9-10,13H,3-8,11-12H2,1-2H3,(H,22,25)(H3,20,21,23,24). The Bertz CT molecular complexity index is 738. The summed E-state index contributed by atoms with van der Waals surface area (Å²) in [5.74, 6) is 0.390. The van der Waals surface area contributed by atoms with Gasteiger partial charge in [0.05, 0.1) is 17.1 Å². The van der Waals surface area contributed by atoms with Crippen LogP contribution >= 0.6 is 22.7 Å². The minimum atomic E-state index is -0.0285. The molecule has 0 aliphatic rings. The van der Waals surface area contributed by atoms with Crippen LogP contribution in [0.15, 0.2) is 22.5 Å². The van der Waals surface area contributed by atoms with Gasteiger partial charge in [0.15, 0.2) is 5.96 Å². The number of rotatable bonds is 11. The van der Waals surface area contributed by atoms with Gasteiger partial charge in [-0.15, -0.1) is 22.7 Å². The average molecular weight is 408 g/mol. The van der Waals surface area contributed by atoms with Crippen molar-refractivity contribution >= 4 is 39.7 Å². The van der Waals surface area contributed by atoms with Gasteiger partial charge >= 0.3 is 0 Å². The second kappa shape index (κ2) is 11.7. The van der Waals surface area contributed by atoms with E-state index in [4.69, 9.17) is 5.73 Å². The van der Waals surface area contributed by atoms with Crippen molar-refractivity contribution in [3.05, 3.63) is 22.4 Å². The summed E-state index contributed by atoms with van der Waals surface area (Å²) < 4.78 is 0. The van der Waals surface area contributed by atoms with E-state index < -0.39 is 0 Å². The van der Waals surface area contributed by atoms with Crippen LogP contribution in [-0.2, 0) is 11.3 Å². The number of carbonyl (C=O) groups is 1. The number of hydrogen-bond donors (Lipinski definition) is 3. The number of aromatic nitrogens is 1. The van der Waals surface area contributed by atoms with Gasteiger partial charge in [-0.05, 0) is 18.6 Å². The van der Waals surface area contributed by atoms with Gasteiger partial charge in [-0.25, -0.2) is 4.98 Å². The third-order valence-electron chi connectivity index (χ3n) is 3.97. The van der Waals surface area contributed by atoms with Crippen molar-refractivity contribution in [2.75, 3.05) is 6.54 Å². The van der Waals surface area contributed by atoms with E-state index in [2.05, 4.69) is 27.5 Å². The Morgan fingerprint density at radius 1 is 1.19 bits per heavy atom. The van der Waals surface area contributed by atoms with Gasteiger partial charge in [0.25, 0.3) is 0 Å². The van der Waals surface area contributed by atoms with Crippen LogP contribution in [0.25, 0.3) is 10.6 Å². The molecule has 6 nitrogen and oxygen atoms in total. The Labute approximate surface area is 169 Å². The number of nitrogens with two attached hydrogens (primary N) is 1. The van der Waals surface area contributed by atoms with Crippen molar-refractivity contribution in [1.29, 1.82) is 0 Å². The smallest absolute Gasteiger partial charge is 0.217 e. The normalized spacial score (nSPS) is 11.6. The Kier molecular flexibility index (Phi) is 9.27. The molecular weight excluding hydrogens is 378 g/mol.